The van der Waals surface area contributed by atoms with Crippen molar-refractivity contribution >= 4 is 23.3 Å². The van der Waals surface area contributed by atoms with E-state index in [2.05, 4.69) is 18.7 Å². The first-order chi connectivity index (χ1) is 8.93. The van der Waals surface area contributed by atoms with Gasteiger partial charge in [0.1, 0.15) is 11.6 Å². The Morgan fingerprint density at radius 1 is 1.47 bits per heavy atom. The van der Waals surface area contributed by atoms with Crippen molar-refractivity contribution in [2.45, 2.75) is 18.6 Å². The predicted molar refractivity (Wildman–Crippen MR) is 82.8 cm³/mol. The molecule has 104 valence electrons. The highest BCUT2D eigenvalue weighted by Gasteiger charge is 2.28. The van der Waals surface area contributed by atoms with Gasteiger partial charge in [-0.25, -0.2) is 0 Å². The SMILES string of the molecule is COc1ccc(C(=N)N)c(N2CCSC(C)(C)C2)c1. The summed E-state index contributed by atoms with van der Waals surface area (Å²) in [5.41, 5.74) is 7.47. The highest BCUT2D eigenvalue weighted by Crippen LogP contribution is 2.34. The van der Waals surface area contributed by atoms with Crippen LogP contribution in [0.15, 0.2) is 18.2 Å². The molecule has 19 heavy (non-hydrogen) atoms. The Hall–Kier alpha value is -1.36. The van der Waals surface area contributed by atoms with Crippen molar-refractivity contribution in [2.24, 2.45) is 5.73 Å². The average molecular weight is 279 g/mol. The third-order valence-corrected chi connectivity index (χ3v) is 4.56. The number of nitrogens with zero attached hydrogens (tertiary/aromatic N) is 1. The Labute approximate surface area is 118 Å². The van der Waals surface area contributed by atoms with E-state index >= 15 is 0 Å². The zero-order chi connectivity index (χ0) is 14.0. The molecular weight excluding hydrogens is 258 g/mol. The fraction of sp³-hybridized carbons (Fsp3) is 0.500. The van der Waals surface area contributed by atoms with E-state index in [1.54, 1.807) is 7.11 Å². The number of amidine groups is 1. The van der Waals surface area contributed by atoms with Crippen LogP contribution in [0.2, 0.25) is 0 Å². The van der Waals surface area contributed by atoms with Gasteiger partial charge in [0, 0.05) is 35.2 Å². The van der Waals surface area contributed by atoms with E-state index in [1.165, 1.54) is 0 Å². The van der Waals surface area contributed by atoms with Crippen LogP contribution < -0.4 is 15.4 Å². The standard InChI is InChI=1S/C14H21N3OS/c1-14(2)9-17(6-7-19-14)12-8-10(18-3)4-5-11(12)13(15)16/h4-5,8H,6-7,9H2,1-3H3,(H3,15,16). The molecule has 0 atom stereocenters. The van der Waals surface area contributed by atoms with Gasteiger partial charge in [0.15, 0.2) is 0 Å². The van der Waals surface area contributed by atoms with Crippen LogP contribution in [0, 0.1) is 5.41 Å². The third kappa shape index (κ3) is 3.15. The number of hydrogen-bond donors (Lipinski definition) is 2. The van der Waals surface area contributed by atoms with Gasteiger partial charge in [0.05, 0.1) is 12.8 Å². The summed E-state index contributed by atoms with van der Waals surface area (Å²) in [5, 5.41) is 7.73. The molecule has 1 saturated heterocycles. The summed E-state index contributed by atoms with van der Waals surface area (Å²) in [6.45, 7) is 6.42. The van der Waals surface area contributed by atoms with E-state index in [0.717, 1.165) is 35.8 Å². The molecule has 1 aliphatic heterocycles. The molecule has 1 aromatic carbocycles. The molecule has 0 radical (unpaired) electrons. The van der Waals surface area contributed by atoms with Gasteiger partial charge in [-0.2, -0.15) is 11.8 Å². The van der Waals surface area contributed by atoms with Gasteiger partial charge in [-0.1, -0.05) is 0 Å². The third-order valence-electron chi connectivity index (χ3n) is 3.26. The number of thioether (sulfide) groups is 1. The molecule has 3 N–H and O–H groups in total. The van der Waals surface area contributed by atoms with E-state index in [4.69, 9.17) is 15.9 Å². The van der Waals surface area contributed by atoms with Gasteiger partial charge < -0.3 is 15.4 Å². The maximum Gasteiger partial charge on any atom is 0.124 e. The van der Waals surface area contributed by atoms with Gasteiger partial charge >= 0.3 is 0 Å². The highest BCUT2D eigenvalue weighted by atomic mass is 32.2. The fourth-order valence-corrected chi connectivity index (χ4v) is 3.46. The first-order valence-electron chi connectivity index (χ1n) is 6.34. The lowest BCUT2D eigenvalue weighted by Crippen LogP contribution is -2.43. The van der Waals surface area contributed by atoms with Crippen LogP contribution in [0.5, 0.6) is 5.75 Å². The summed E-state index contributed by atoms with van der Waals surface area (Å²) < 4.78 is 5.51. The largest absolute Gasteiger partial charge is 0.497 e. The lowest BCUT2D eigenvalue weighted by molar-refractivity contribution is 0.414. The van der Waals surface area contributed by atoms with Crippen LogP contribution in [0.3, 0.4) is 0 Å². The summed E-state index contributed by atoms with van der Waals surface area (Å²) in [5.74, 6) is 1.99. The molecule has 0 saturated carbocycles. The van der Waals surface area contributed by atoms with E-state index in [1.807, 2.05) is 30.0 Å². The molecule has 0 amide bonds. The second-order valence-corrected chi connectivity index (χ2v) is 7.13. The molecule has 1 aliphatic rings. The molecule has 1 fully saturated rings. The minimum Gasteiger partial charge on any atom is -0.497 e. The van der Waals surface area contributed by atoms with Crippen LogP contribution in [-0.2, 0) is 0 Å². The maximum atomic E-state index is 7.73. The summed E-state index contributed by atoms with van der Waals surface area (Å²) in [4.78, 5) is 2.30. The van der Waals surface area contributed by atoms with Crippen LogP contribution in [0.1, 0.15) is 19.4 Å². The number of nitrogen functional groups attached to an aromatic ring is 1. The Morgan fingerprint density at radius 2 is 2.21 bits per heavy atom. The molecule has 4 nitrogen and oxygen atoms in total. The van der Waals surface area contributed by atoms with Crippen molar-refractivity contribution in [3.63, 3.8) is 0 Å². The van der Waals surface area contributed by atoms with Crippen molar-refractivity contribution in [3.8, 4) is 5.75 Å². The first kappa shape index (κ1) is 14.1. The Morgan fingerprint density at radius 3 is 2.79 bits per heavy atom. The number of hydrogen-bond acceptors (Lipinski definition) is 4. The van der Waals surface area contributed by atoms with Crippen molar-refractivity contribution < 1.29 is 4.74 Å². The minimum atomic E-state index is 0.105. The average Bonchev–Trinajstić information content (AvgIpc) is 2.36. The van der Waals surface area contributed by atoms with E-state index in [-0.39, 0.29) is 10.6 Å². The molecule has 0 bridgehead atoms. The fourth-order valence-electron chi connectivity index (χ4n) is 2.35. The normalized spacial score (nSPS) is 18.2. The molecule has 1 aromatic rings. The lowest BCUT2D eigenvalue weighted by atomic mass is 10.1. The van der Waals surface area contributed by atoms with Gasteiger partial charge in [-0.05, 0) is 26.0 Å². The van der Waals surface area contributed by atoms with Crippen molar-refractivity contribution in [1.82, 2.24) is 0 Å². The number of anilines is 1. The zero-order valence-electron chi connectivity index (χ0n) is 11.7. The summed E-state index contributed by atoms with van der Waals surface area (Å²) in [6.07, 6.45) is 0. The van der Waals surface area contributed by atoms with Crippen molar-refractivity contribution in [2.75, 3.05) is 30.9 Å². The maximum absolute atomic E-state index is 7.73. The first-order valence-corrected chi connectivity index (χ1v) is 7.33. The topological polar surface area (TPSA) is 62.3 Å². The number of rotatable bonds is 3. The van der Waals surface area contributed by atoms with Crippen molar-refractivity contribution in [3.05, 3.63) is 23.8 Å². The van der Waals surface area contributed by atoms with Gasteiger partial charge in [-0.3, -0.25) is 5.41 Å². The summed E-state index contributed by atoms with van der Waals surface area (Å²) in [7, 11) is 1.66. The van der Waals surface area contributed by atoms with Crippen LogP contribution >= 0.6 is 11.8 Å². The Bertz CT molecular complexity index is 488. The van der Waals surface area contributed by atoms with E-state index in [9.17, 15) is 0 Å². The van der Waals surface area contributed by atoms with Crippen LogP contribution in [0.4, 0.5) is 5.69 Å². The molecule has 0 aromatic heterocycles. The van der Waals surface area contributed by atoms with E-state index < -0.39 is 0 Å². The second-order valence-electron chi connectivity index (χ2n) is 5.33. The summed E-state index contributed by atoms with van der Waals surface area (Å²) >= 11 is 1.99. The molecule has 0 spiro atoms. The molecule has 5 heteroatoms. The molecule has 0 aliphatic carbocycles. The van der Waals surface area contributed by atoms with E-state index in [0.29, 0.717) is 0 Å². The Kier molecular flexibility index (Phi) is 3.94. The number of methoxy groups -OCH3 is 1. The van der Waals surface area contributed by atoms with Crippen LogP contribution in [0.25, 0.3) is 0 Å². The molecule has 2 rings (SSSR count). The zero-order valence-corrected chi connectivity index (χ0v) is 12.5. The predicted octanol–water partition coefficient (Wildman–Crippen LogP) is 2.31. The lowest BCUT2D eigenvalue weighted by Gasteiger charge is -2.39. The van der Waals surface area contributed by atoms with Gasteiger partial charge in [0.2, 0.25) is 0 Å². The highest BCUT2D eigenvalue weighted by molar-refractivity contribution is 8.00. The summed E-state index contributed by atoms with van der Waals surface area (Å²) in [6, 6.07) is 5.69. The molecule has 0 unspecified atom stereocenters. The number of ether oxygens (including phenoxy) is 1. The minimum absolute atomic E-state index is 0.105. The molecular formula is C14H21N3OS. The van der Waals surface area contributed by atoms with Crippen LogP contribution in [-0.4, -0.2) is 36.5 Å². The Balaban J connectivity index is 2.38. The van der Waals surface area contributed by atoms with Crippen molar-refractivity contribution in [1.29, 1.82) is 5.41 Å². The number of nitrogens with one attached hydrogen (secondary N) is 1. The number of benzene rings is 1. The van der Waals surface area contributed by atoms with Gasteiger partial charge in [0.25, 0.3) is 0 Å². The second kappa shape index (κ2) is 5.33. The quantitative estimate of drug-likeness (QED) is 0.658. The van der Waals surface area contributed by atoms with Gasteiger partial charge in [-0.15, -0.1) is 0 Å². The number of nitrogens with two attached hydrogens (primary N) is 1. The molecule has 1 heterocycles. The monoisotopic (exact) mass is 279 g/mol. The smallest absolute Gasteiger partial charge is 0.124 e.